The molecular formula is C14H30Cl2N2O. The highest BCUT2D eigenvalue weighted by molar-refractivity contribution is 5.85. The van der Waals surface area contributed by atoms with Gasteiger partial charge in [0, 0.05) is 26.2 Å². The third kappa shape index (κ3) is 17.9. The molecule has 0 aromatic heterocycles. The molecule has 0 radical (unpaired) electrons. The minimum atomic E-state index is 0. The first-order chi connectivity index (χ1) is 8.06. The summed E-state index contributed by atoms with van der Waals surface area (Å²) in [5.41, 5.74) is 1.23. The third-order valence-corrected chi connectivity index (χ3v) is 2.41. The molecule has 3 nitrogen and oxygen atoms in total. The van der Waals surface area contributed by atoms with E-state index >= 15 is 0 Å². The van der Waals surface area contributed by atoms with E-state index < -0.39 is 0 Å². The number of halogens is 2. The number of ether oxygens (including phenoxy) is 1. The summed E-state index contributed by atoms with van der Waals surface area (Å²) in [4.78, 5) is 4.37. The summed E-state index contributed by atoms with van der Waals surface area (Å²) in [6, 6.07) is 0. The highest BCUT2D eigenvalue weighted by Gasteiger charge is 1.98. The van der Waals surface area contributed by atoms with Crippen LogP contribution in [-0.4, -0.2) is 63.8 Å². The fourth-order valence-corrected chi connectivity index (χ4v) is 1.59. The Hall–Kier alpha value is -0.0600. The van der Waals surface area contributed by atoms with Crippen LogP contribution >= 0.6 is 24.8 Å². The van der Waals surface area contributed by atoms with Crippen molar-refractivity contribution in [3.8, 4) is 0 Å². The van der Waals surface area contributed by atoms with Crippen molar-refractivity contribution in [2.24, 2.45) is 0 Å². The van der Waals surface area contributed by atoms with Crippen molar-refractivity contribution in [3.05, 3.63) is 24.8 Å². The van der Waals surface area contributed by atoms with Crippen LogP contribution < -0.4 is 0 Å². The fourth-order valence-electron chi connectivity index (χ4n) is 1.59. The number of hydrogen-bond acceptors (Lipinski definition) is 3. The van der Waals surface area contributed by atoms with Gasteiger partial charge in [0.05, 0.1) is 6.61 Å². The molecule has 0 bridgehead atoms. The molecule has 0 saturated carbocycles. The normalized spacial score (nSPS) is 9.95. The molecule has 0 amide bonds. The fraction of sp³-hybridized carbons (Fsp3) is 0.714. The van der Waals surface area contributed by atoms with Crippen LogP contribution in [0.25, 0.3) is 0 Å². The molecular weight excluding hydrogens is 283 g/mol. The van der Waals surface area contributed by atoms with Crippen molar-refractivity contribution < 1.29 is 4.74 Å². The van der Waals surface area contributed by atoms with Gasteiger partial charge in [0.2, 0.25) is 0 Å². The Kier molecular flexibility index (Phi) is 20.2. The van der Waals surface area contributed by atoms with E-state index in [4.69, 9.17) is 4.74 Å². The van der Waals surface area contributed by atoms with Crippen LogP contribution in [-0.2, 0) is 4.74 Å². The first-order valence-electron chi connectivity index (χ1n) is 6.24. The average Bonchev–Trinajstić information content (AvgIpc) is 2.22. The molecule has 0 aromatic rings. The highest BCUT2D eigenvalue weighted by atomic mass is 35.5. The summed E-state index contributed by atoms with van der Waals surface area (Å²) in [5, 5.41) is 0. The molecule has 0 aromatic carbocycles. The summed E-state index contributed by atoms with van der Waals surface area (Å²) in [7, 11) is 6.21. The topological polar surface area (TPSA) is 15.7 Å². The first kappa shape index (κ1) is 24.0. The van der Waals surface area contributed by atoms with Crippen molar-refractivity contribution in [2.45, 2.75) is 12.8 Å². The van der Waals surface area contributed by atoms with Crippen LogP contribution in [0.4, 0.5) is 0 Å². The summed E-state index contributed by atoms with van der Waals surface area (Å²) < 4.78 is 5.58. The van der Waals surface area contributed by atoms with Crippen LogP contribution in [0.1, 0.15) is 12.8 Å². The van der Waals surface area contributed by atoms with Gasteiger partial charge in [0.15, 0.2) is 0 Å². The van der Waals surface area contributed by atoms with Crippen molar-refractivity contribution in [1.29, 1.82) is 0 Å². The van der Waals surface area contributed by atoms with E-state index in [9.17, 15) is 0 Å². The largest absolute Gasteiger partial charge is 0.381 e. The van der Waals surface area contributed by atoms with Crippen LogP contribution in [0, 0.1) is 0 Å². The minimum Gasteiger partial charge on any atom is -0.381 e. The number of nitrogens with zero attached hydrogens (tertiary/aromatic N) is 2. The molecule has 0 N–H and O–H groups in total. The second-order valence-electron chi connectivity index (χ2n) is 4.75. The van der Waals surface area contributed by atoms with Crippen molar-refractivity contribution in [3.63, 3.8) is 0 Å². The average molecular weight is 313 g/mol. The van der Waals surface area contributed by atoms with E-state index in [-0.39, 0.29) is 24.8 Å². The number of rotatable bonds is 11. The Balaban J connectivity index is -0.00000128. The molecule has 0 atom stereocenters. The Morgan fingerprint density at radius 2 is 1.79 bits per heavy atom. The third-order valence-electron chi connectivity index (χ3n) is 2.41. The number of likely N-dealkylation sites (N-methyl/N-ethyl adjacent to an activating group) is 2. The summed E-state index contributed by atoms with van der Waals surface area (Å²) in [5.74, 6) is 0. The Morgan fingerprint density at radius 1 is 1.16 bits per heavy atom. The van der Waals surface area contributed by atoms with E-state index in [1.54, 1.807) is 0 Å². The molecule has 0 aliphatic rings. The lowest BCUT2D eigenvalue weighted by Crippen LogP contribution is -2.20. The Morgan fingerprint density at radius 3 is 2.32 bits per heavy atom. The zero-order chi connectivity index (χ0) is 13.1. The Labute approximate surface area is 131 Å². The van der Waals surface area contributed by atoms with Crippen molar-refractivity contribution in [2.75, 3.05) is 54.0 Å². The van der Waals surface area contributed by atoms with Crippen LogP contribution in [0.2, 0.25) is 0 Å². The zero-order valence-corrected chi connectivity index (χ0v) is 14.2. The van der Waals surface area contributed by atoms with Gasteiger partial charge in [0.1, 0.15) is 0 Å². The molecule has 116 valence electrons. The van der Waals surface area contributed by atoms with Crippen LogP contribution in [0.3, 0.4) is 0 Å². The van der Waals surface area contributed by atoms with E-state index in [2.05, 4.69) is 44.1 Å². The molecule has 0 aliphatic heterocycles. The SMILES string of the molecule is C=CCN(C)CCCOCCC(=C)CN(C)C.Cl.Cl. The highest BCUT2D eigenvalue weighted by Crippen LogP contribution is 2.00. The van der Waals surface area contributed by atoms with Gasteiger partial charge < -0.3 is 14.5 Å². The van der Waals surface area contributed by atoms with E-state index in [0.717, 1.165) is 45.7 Å². The van der Waals surface area contributed by atoms with Crippen molar-refractivity contribution in [1.82, 2.24) is 9.80 Å². The quantitative estimate of drug-likeness (QED) is 0.431. The van der Waals surface area contributed by atoms with Crippen LogP contribution in [0.5, 0.6) is 0 Å². The molecule has 0 rings (SSSR count). The second kappa shape index (κ2) is 16.0. The maximum atomic E-state index is 5.58. The monoisotopic (exact) mass is 312 g/mol. The predicted molar refractivity (Wildman–Crippen MR) is 89.9 cm³/mol. The van der Waals surface area contributed by atoms with E-state index in [1.807, 2.05) is 6.08 Å². The van der Waals surface area contributed by atoms with Gasteiger partial charge in [-0.3, -0.25) is 0 Å². The molecule has 5 heteroatoms. The molecule has 0 saturated heterocycles. The van der Waals surface area contributed by atoms with E-state index in [1.165, 1.54) is 5.57 Å². The molecule has 0 aliphatic carbocycles. The van der Waals surface area contributed by atoms with Crippen LogP contribution in [0.15, 0.2) is 24.8 Å². The smallest absolute Gasteiger partial charge is 0.0503 e. The van der Waals surface area contributed by atoms with Gasteiger partial charge in [-0.15, -0.1) is 31.4 Å². The maximum Gasteiger partial charge on any atom is 0.0503 e. The molecule has 0 unspecified atom stereocenters. The lowest BCUT2D eigenvalue weighted by molar-refractivity contribution is 0.126. The van der Waals surface area contributed by atoms with Gasteiger partial charge in [-0.25, -0.2) is 0 Å². The van der Waals surface area contributed by atoms with Gasteiger partial charge in [0.25, 0.3) is 0 Å². The predicted octanol–water partition coefficient (Wildman–Crippen LogP) is 2.86. The lowest BCUT2D eigenvalue weighted by atomic mass is 10.2. The van der Waals surface area contributed by atoms with Gasteiger partial charge in [-0.1, -0.05) is 18.2 Å². The van der Waals surface area contributed by atoms with Gasteiger partial charge >= 0.3 is 0 Å². The molecule has 0 spiro atoms. The first-order valence-corrected chi connectivity index (χ1v) is 6.24. The minimum absolute atomic E-state index is 0. The summed E-state index contributed by atoms with van der Waals surface area (Å²) in [6.07, 6.45) is 3.96. The van der Waals surface area contributed by atoms with Gasteiger partial charge in [-0.2, -0.15) is 0 Å². The molecule has 19 heavy (non-hydrogen) atoms. The summed E-state index contributed by atoms with van der Waals surface area (Å²) in [6.45, 7) is 12.3. The van der Waals surface area contributed by atoms with Crippen molar-refractivity contribution >= 4 is 24.8 Å². The molecule has 0 fully saturated rings. The lowest BCUT2D eigenvalue weighted by Gasteiger charge is -2.14. The van der Waals surface area contributed by atoms with E-state index in [0.29, 0.717) is 0 Å². The standard InChI is InChI=1S/C14H28N2O.2ClH/c1-6-9-16(5)10-7-11-17-12-8-14(2)13-15(3)4;;/h6H,1-2,7-13H2,3-5H3;2*1H. The Bertz CT molecular complexity index is 223. The molecule has 0 heterocycles. The maximum absolute atomic E-state index is 5.58. The zero-order valence-electron chi connectivity index (χ0n) is 12.6. The number of hydrogen-bond donors (Lipinski definition) is 0. The summed E-state index contributed by atoms with van der Waals surface area (Å²) >= 11 is 0. The van der Waals surface area contributed by atoms with Gasteiger partial charge in [-0.05, 0) is 34.0 Å². The second-order valence-corrected chi connectivity index (χ2v) is 4.75.